The first-order chi connectivity index (χ1) is 8.15. The molecule has 0 saturated carbocycles. The number of nitrogens with one attached hydrogen (secondary N) is 1. The van der Waals surface area contributed by atoms with Gasteiger partial charge in [0.25, 0.3) is 0 Å². The Labute approximate surface area is 103 Å². The van der Waals surface area contributed by atoms with E-state index in [-0.39, 0.29) is 0 Å². The second-order valence-corrected chi connectivity index (χ2v) is 4.60. The van der Waals surface area contributed by atoms with Gasteiger partial charge in [0.05, 0.1) is 10.6 Å². The van der Waals surface area contributed by atoms with Crippen LogP contribution in [-0.4, -0.2) is 22.9 Å². The highest BCUT2D eigenvalue weighted by atomic mass is 32.2. The summed E-state index contributed by atoms with van der Waals surface area (Å²) in [5.41, 5.74) is 3.99. The number of hydrogen-bond acceptors (Lipinski definition) is 3. The van der Waals surface area contributed by atoms with Gasteiger partial charge in [0.2, 0.25) is 0 Å². The molecule has 0 aliphatic heterocycles. The van der Waals surface area contributed by atoms with Crippen LogP contribution in [-0.2, 0) is 11.1 Å². The fraction of sp³-hybridized carbons (Fsp3) is 0.167. The van der Waals surface area contributed by atoms with Crippen LogP contribution < -0.4 is 10.4 Å². The molecule has 4 nitrogen and oxygen atoms in total. The Morgan fingerprint density at radius 2 is 1.82 bits per heavy atom. The second kappa shape index (κ2) is 4.83. The molecule has 2 aromatic rings. The molecule has 0 amide bonds. The van der Waals surface area contributed by atoms with E-state index in [0.29, 0.717) is 4.90 Å². The third kappa shape index (κ3) is 2.17. The summed E-state index contributed by atoms with van der Waals surface area (Å²) < 4.78 is 20.5. The summed E-state index contributed by atoms with van der Waals surface area (Å²) in [7, 11) is 3.73. The molecule has 90 valence electrons. The molecular weight excluding hydrogens is 236 g/mol. The minimum absolute atomic E-state index is 0.439. The van der Waals surface area contributed by atoms with Crippen molar-refractivity contribution in [3.05, 3.63) is 36.4 Å². The van der Waals surface area contributed by atoms with Crippen molar-refractivity contribution in [3.63, 3.8) is 0 Å². The lowest BCUT2D eigenvalue weighted by Crippen LogP contribution is -2.30. The van der Waals surface area contributed by atoms with Crippen LogP contribution in [0.4, 0.5) is 5.69 Å². The lowest BCUT2D eigenvalue weighted by molar-refractivity contribution is 0.565. The largest absolute Gasteiger partial charge is 0.311 e. The molecule has 2 aromatic carbocycles. The van der Waals surface area contributed by atoms with Crippen LogP contribution in [0.5, 0.6) is 0 Å². The van der Waals surface area contributed by atoms with Gasteiger partial charge in [0.15, 0.2) is 11.1 Å². The Kier molecular flexibility index (Phi) is 3.42. The predicted molar refractivity (Wildman–Crippen MR) is 70.4 cm³/mol. The van der Waals surface area contributed by atoms with E-state index < -0.39 is 11.1 Å². The Morgan fingerprint density at radius 1 is 1.18 bits per heavy atom. The van der Waals surface area contributed by atoms with Gasteiger partial charge in [0.1, 0.15) is 0 Å². The van der Waals surface area contributed by atoms with E-state index >= 15 is 0 Å². The molecule has 0 bridgehead atoms. The molecule has 1 atom stereocenters. The normalized spacial score (nSPS) is 12.6. The first-order valence-electron chi connectivity index (χ1n) is 5.19. The topological polar surface area (TPSA) is 52.6 Å². The molecule has 0 radical (unpaired) electrons. The number of nitrogens with zero attached hydrogens (tertiary/aromatic N) is 1. The molecule has 0 aliphatic carbocycles. The van der Waals surface area contributed by atoms with Crippen molar-refractivity contribution in [1.82, 2.24) is 5.43 Å². The number of hydrazine groups is 1. The predicted octanol–water partition coefficient (Wildman–Crippen LogP) is 1.99. The minimum atomic E-state index is -1.97. The third-order valence-electron chi connectivity index (χ3n) is 2.74. The summed E-state index contributed by atoms with van der Waals surface area (Å²) in [5.74, 6) is 0. The van der Waals surface area contributed by atoms with Crippen LogP contribution in [0.25, 0.3) is 10.8 Å². The Balaban J connectivity index is 2.74. The van der Waals surface area contributed by atoms with Gasteiger partial charge in [-0.05, 0) is 12.1 Å². The quantitative estimate of drug-likeness (QED) is 0.646. The van der Waals surface area contributed by atoms with Gasteiger partial charge in [-0.1, -0.05) is 24.3 Å². The number of anilines is 1. The third-order valence-corrected chi connectivity index (χ3v) is 3.48. The van der Waals surface area contributed by atoms with Crippen LogP contribution in [0.3, 0.4) is 0 Å². The molecule has 0 heterocycles. The van der Waals surface area contributed by atoms with Gasteiger partial charge < -0.3 is 9.56 Å². The average molecular weight is 250 g/mol. The summed E-state index contributed by atoms with van der Waals surface area (Å²) in [6.07, 6.45) is 0. The van der Waals surface area contributed by atoms with Gasteiger partial charge in [-0.3, -0.25) is 0 Å². The van der Waals surface area contributed by atoms with Crippen molar-refractivity contribution in [2.45, 2.75) is 4.90 Å². The summed E-state index contributed by atoms with van der Waals surface area (Å²) in [4.78, 5) is 0.439. The van der Waals surface area contributed by atoms with E-state index in [1.807, 2.05) is 43.4 Å². The lowest BCUT2D eigenvalue weighted by atomic mass is 10.1. The van der Waals surface area contributed by atoms with Gasteiger partial charge >= 0.3 is 0 Å². The Morgan fingerprint density at radius 3 is 2.47 bits per heavy atom. The van der Waals surface area contributed by atoms with E-state index in [4.69, 9.17) is 0 Å². The fourth-order valence-corrected chi connectivity index (χ4v) is 2.39. The van der Waals surface area contributed by atoms with E-state index in [1.165, 1.54) is 0 Å². The number of fused-ring (bicyclic) bond motifs is 1. The molecule has 0 spiro atoms. The van der Waals surface area contributed by atoms with Crippen LogP contribution in [0.2, 0.25) is 0 Å². The summed E-state index contributed by atoms with van der Waals surface area (Å²) in [6.45, 7) is 0. The lowest BCUT2D eigenvalue weighted by Gasteiger charge is -2.20. The van der Waals surface area contributed by atoms with Crippen molar-refractivity contribution < 1.29 is 8.76 Å². The van der Waals surface area contributed by atoms with Gasteiger partial charge in [-0.15, -0.1) is 0 Å². The molecule has 0 aromatic heterocycles. The molecule has 1 unspecified atom stereocenters. The molecule has 0 fully saturated rings. The van der Waals surface area contributed by atoms with E-state index in [1.54, 1.807) is 12.1 Å². The second-order valence-electron chi connectivity index (χ2n) is 3.66. The number of benzene rings is 2. The minimum Gasteiger partial charge on any atom is -0.311 e. The smallest absolute Gasteiger partial charge is 0.187 e. The monoisotopic (exact) mass is 250 g/mol. The molecule has 5 heteroatoms. The standard InChI is InChI=1S/C12H14N2O2S/c1-13-14(2)11-7-3-6-10-9(11)5-4-8-12(10)17(15)16/h3-8,13H,1-2H3,(H,15,16). The molecule has 17 heavy (non-hydrogen) atoms. The summed E-state index contributed by atoms with van der Waals surface area (Å²) >= 11 is -1.97. The Hall–Kier alpha value is -1.43. The highest BCUT2D eigenvalue weighted by Gasteiger charge is 2.10. The first kappa shape index (κ1) is 12.0. The van der Waals surface area contributed by atoms with Crippen molar-refractivity contribution in [3.8, 4) is 0 Å². The summed E-state index contributed by atoms with van der Waals surface area (Å²) in [6, 6.07) is 11.1. The first-order valence-corrected chi connectivity index (χ1v) is 6.29. The van der Waals surface area contributed by atoms with E-state index in [0.717, 1.165) is 16.5 Å². The highest BCUT2D eigenvalue weighted by molar-refractivity contribution is 7.79. The zero-order chi connectivity index (χ0) is 12.4. The molecular formula is C12H14N2O2S. The fourth-order valence-electron chi connectivity index (χ4n) is 1.83. The maximum absolute atomic E-state index is 11.2. The number of hydrogen-bond donors (Lipinski definition) is 2. The van der Waals surface area contributed by atoms with Gasteiger partial charge in [0, 0.05) is 24.9 Å². The highest BCUT2D eigenvalue weighted by Crippen LogP contribution is 2.28. The van der Waals surface area contributed by atoms with Crippen molar-refractivity contribution in [1.29, 1.82) is 0 Å². The van der Waals surface area contributed by atoms with Crippen LogP contribution in [0, 0.1) is 0 Å². The zero-order valence-electron chi connectivity index (χ0n) is 9.68. The zero-order valence-corrected chi connectivity index (χ0v) is 10.5. The summed E-state index contributed by atoms with van der Waals surface area (Å²) in [5, 5.41) is 3.61. The average Bonchev–Trinajstić information content (AvgIpc) is 2.36. The van der Waals surface area contributed by atoms with Gasteiger partial charge in [-0.25, -0.2) is 9.63 Å². The van der Waals surface area contributed by atoms with E-state index in [9.17, 15) is 8.76 Å². The Bertz CT molecular complexity index is 571. The molecule has 2 rings (SSSR count). The van der Waals surface area contributed by atoms with E-state index in [2.05, 4.69) is 5.43 Å². The molecule has 2 N–H and O–H groups in total. The van der Waals surface area contributed by atoms with Crippen molar-refractivity contribution in [2.75, 3.05) is 19.1 Å². The SMILES string of the molecule is CNN(C)c1cccc2c(S(=O)O)cccc12. The maximum Gasteiger partial charge on any atom is 0.187 e. The molecule has 0 saturated heterocycles. The van der Waals surface area contributed by atoms with Crippen molar-refractivity contribution >= 4 is 27.5 Å². The van der Waals surface area contributed by atoms with Crippen molar-refractivity contribution in [2.24, 2.45) is 0 Å². The van der Waals surface area contributed by atoms with Gasteiger partial charge in [-0.2, -0.15) is 0 Å². The van der Waals surface area contributed by atoms with Crippen LogP contribution in [0.1, 0.15) is 0 Å². The van der Waals surface area contributed by atoms with Crippen LogP contribution >= 0.6 is 0 Å². The van der Waals surface area contributed by atoms with Crippen LogP contribution in [0.15, 0.2) is 41.3 Å². The maximum atomic E-state index is 11.2. The molecule has 0 aliphatic rings. The number of rotatable bonds is 3.